The first-order chi connectivity index (χ1) is 10.2. The maximum Gasteiger partial charge on any atom is 0.0511 e. The quantitative estimate of drug-likeness (QED) is 0.925. The Morgan fingerprint density at radius 1 is 1.14 bits per heavy atom. The maximum absolute atomic E-state index is 6.30. The van der Waals surface area contributed by atoms with Gasteiger partial charge in [0.2, 0.25) is 0 Å². The Morgan fingerprint density at radius 2 is 1.86 bits per heavy atom. The average Bonchev–Trinajstić information content (AvgIpc) is 2.51. The molecule has 0 bridgehead atoms. The van der Waals surface area contributed by atoms with Crippen molar-refractivity contribution in [1.82, 2.24) is 9.88 Å². The van der Waals surface area contributed by atoms with Gasteiger partial charge in [-0.25, -0.2) is 0 Å². The summed E-state index contributed by atoms with van der Waals surface area (Å²) in [6.07, 6.45) is 13.8. The summed E-state index contributed by atoms with van der Waals surface area (Å²) in [4.78, 5) is 6.88. The molecule has 1 aromatic heterocycles. The van der Waals surface area contributed by atoms with Crippen LogP contribution in [-0.2, 0) is 0 Å². The number of aromatic nitrogens is 1. The molecular formula is C18H29N3. The lowest BCUT2D eigenvalue weighted by atomic mass is 9.68. The summed E-state index contributed by atoms with van der Waals surface area (Å²) < 4.78 is 0. The Balaban J connectivity index is 1.69. The van der Waals surface area contributed by atoms with E-state index in [9.17, 15) is 0 Å². The van der Waals surface area contributed by atoms with E-state index in [4.69, 9.17) is 5.73 Å². The summed E-state index contributed by atoms with van der Waals surface area (Å²) in [6, 6.07) is 4.66. The van der Waals surface area contributed by atoms with Crippen molar-refractivity contribution in [2.45, 2.75) is 64.0 Å². The van der Waals surface area contributed by atoms with Gasteiger partial charge in [0.15, 0.2) is 0 Å². The Morgan fingerprint density at radius 3 is 2.43 bits per heavy atom. The van der Waals surface area contributed by atoms with E-state index in [-0.39, 0.29) is 6.04 Å². The van der Waals surface area contributed by atoms with Crippen LogP contribution in [-0.4, -0.2) is 29.0 Å². The summed E-state index contributed by atoms with van der Waals surface area (Å²) in [5.41, 5.74) is 8.23. The lowest BCUT2D eigenvalue weighted by Gasteiger charge is -2.47. The fourth-order valence-electron chi connectivity index (χ4n) is 4.48. The van der Waals surface area contributed by atoms with E-state index in [2.05, 4.69) is 22.9 Å². The minimum Gasteiger partial charge on any atom is -0.326 e. The molecule has 0 aromatic carbocycles. The number of nitrogens with two attached hydrogens (primary N) is 1. The molecule has 2 unspecified atom stereocenters. The van der Waals surface area contributed by atoms with Crippen molar-refractivity contribution in [2.24, 2.45) is 11.1 Å². The van der Waals surface area contributed by atoms with Crippen LogP contribution in [0.15, 0.2) is 24.5 Å². The zero-order valence-corrected chi connectivity index (χ0v) is 13.3. The lowest BCUT2D eigenvalue weighted by Crippen LogP contribution is -2.47. The van der Waals surface area contributed by atoms with Gasteiger partial charge in [-0.05, 0) is 62.7 Å². The zero-order valence-electron chi connectivity index (χ0n) is 13.3. The van der Waals surface area contributed by atoms with Gasteiger partial charge in [0.1, 0.15) is 0 Å². The summed E-state index contributed by atoms with van der Waals surface area (Å²) in [6.45, 7) is 4.52. The van der Waals surface area contributed by atoms with Crippen LogP contribution in [0.4, 0.5) is 0 Å². The highest BCUT2D eigenvalue weighted by Gasteiger charge is 2.38. The van der Waals surface area contributed by atoms with Gasteiger partial charge >= 0.3 is 0 Å². The first kappa shape index (κ1) is 15.0. The molecule has 2 aliphatic rings. The van der Waals surface area contributed by atoms with Crippen LogP contribution in [0.2, 0.25) is 0 Å². The van der Waals surface area contributed by atoms with Crippen LogP contribution in [0.3, 0.4) is 0 Å². The molecule has 21 heavy (non-hydrogen) atoms. The van der Waals surface area contributed by atoms with Gasteiger partial charge in [0, 0.05) is 18.4 Å². The first-order valence-corrected chi connectivity index (χ1v) is 8.60. The molecule has 3 nitrogen and oxygen atoms in total. The second kappa shape index (κ2) is 6.45. The Hall–Kier alpha value is -0.930. The van der Waals surface area contributed by atoms with Crippen LogP contribution in [0, 0.1) is 5.41 Å². The van der Waals surface area contributed by atoms with Gasteiger partial charge < -0.3 is 5.73 Å². The van der Waals surface area contributed by atoms with E-state index >= 15 is 0 Å². The Labute approximate surface area is 128 Å². The third kappa shape index (κ3) is 3.29. The number of piperidine rings is 1. The predicted molar refractivity (Wildman–Crippen MR) is 87.0 cm³/mol. The molecule has 1 aliphatic carbocycles. The molecule has 1 aromatic rings. The predicted octanol–water partition coefficient (Wildman–Crippen LogP) is 3.52. The van der Waals surface area contributed by atoms with Crippen molar-refractivity contribution >= 4 is 0 Å². The number of nitrogens with zero attached hydrogens (tertiary/aromatic N) is 2. The average molecular weight is 287 g/mol. The topological polar surface area (TPSA) is 42.1 Å². The third-order valence-electron chi connectivity index (χ3n) is 5.69. The van der Waals surface area contributed by atoms with Gasteiger partial charge in [-0.3, -0.25) is 9.88 Å². The molecule has 1 saturated heterocycles. The highest BCUT2D eigenvalue weighted by molar-refractivity contribution is 5.16. The summed E-state index contributed by atoms with van der Waals surface area (Å²) in [5.74, 6) is 0. The normalized spacial score (nSPS) is 25.6. The van der Waals surface area contributed by atoms with E-state index in [0.717, 1.165) is 0 Å². The molecule has 1 aliphatic heterocycles. The van der Waals surface area contributed by atoms with Gasteiger partial charge in [-0.15, -0.1) is 0 Å². The fourth-order valence-corrected chi connectivity index (χ4v) is 4.48. The van der Waals surface area contributed by atoms with Crippen molar-refractivity contribution in [2.75, 3.05) is 13.1 Å². The zero-order chi connectivity index (χ0) is 14.7. The van der Waals surface area contributed by atoms with E-state index in [1.54, 1.807) is 0 Å². The molecule has 2 fully saturated rings. The van der Waals surface area contributed by atoms with Crippen molar-refractivity contribution in [3.05, 3.63) is 30.1 Å². The minimum atomic E-state index is 0.148. The maximum atomic E-state index is 6.30. The number of rotatable bonds is 3. The van der Waals surface area contributed by atoms with E-state index < -0.39 is 0 Å². The number of pyridine rings is 1. The highest BCUT2D eigenvalue weighted by atomic mass is 15.2. The van der Waals surface area contributed by atoms with Crippen LogP contribution in [0.1, 0.15) is 63.5 Å². The molecule has 3 rings (SSSR count). The standard InChI is InChI=1S/C18H29N3/c1-15(19)17(16-6-5-11-20-14-16)21-12-9-18(10-13-21)7-3-2-4-8-18/h5-6,11,14-15,17H,2-4,7-10,12-13,19H2,1H3. The largest absolute Gasteiger partial charge is 0.326 e. The number of hydrogen-bond donors (Lipinski definition) is 1. The monoisotopic (exact) mass is 287 g/mol. The molecule has 2 N–H and O–H groups in total. The molecule has 3 heteroatoms. The van der Waals surface area contributed by atoms with Gasteiger partial charge in [0.25, 0.3) is 0 Å². The Kier molecular flexibility index (Phi) is 4.60. The molecule has 1 spiro atoms. The van der Waals surface area contributed by atoms with Gasteiger partial charge in [0.05, 0.1) is 6.04 Å². The van der Waals surface area contributed by atoms with Crippen molar-refractivity contribution < 1.29 is 0 Å². The second-order valence-corrected chi connectivity index (χ2v) is 7.19. The van der Waals surface area contributed by atoms with Crippen LogP contribution in [0.5, 0.6) is 0 Å². The van der Waals surface area contributed by atoms with E-state index in [1.807, 2.05) is 18.5 Å². The molecule has 1 saturated carbocycles. The molecule has 2 heterocycles. The molecule has 0 radical (unpaired) electrons. The van der Waals surface area contributed by atoms with Gasteiger partial charge in [-0.2, -0.15) is 0 Å². The van der Waals surface area contributed by atoms with Crippen LogP contribution < -0.4 is 5.73 Å². The highest BCUT2D eigenvalue weighted by Crippen LogP contribution is 2.45. The van der Waals surface area contributed by atoms with Crippen LogP contribution >= 0.6 is 0 Å². The molecule has 2 atom stereocenters. The summed E-state index contributed by atoms with van der Waals surface area (Å²) in [5, 5.41) is 0. The minimum absolute atomic E-state index is 0.148. The molecular weight excluding hydrogens is 258 g/mol. The van der Waals surface area contributed by atoms with Crippen molar-refractivity contribution in [1.29, 1.82) is 0 Å². The number of hydrogen-bond acceptors (Lipinski definition) is 3. The van der Waals surface area contributed by atoms with Crippen molar-refractivity contribution in [3.8, 4) is 0 Å². The molecule has 0 amide bonds. The summed E-state index contributed by atoms with van der Waals surface area (Å²) in [7, 11) is 0. The molecule has 116 valence electrons. The smallest absolute Gasteiger partial charge is 0.0511 e. The second-order valence-electron chi connectivity index (χ2n) is 7.19. The lowest BCUT2D eigenvalue weighted by molar-refractivity contribution is 0.0391. The van der Waals surface area contributed by atoms with E-state index in [0.29, 0.717) is 11.5 Å². The summed E-state index contributed by atoms with van der Waals surface area (Å²) >= 11 is 0. The Bertz CT molecular complexity index is 427. The fraction of sp³-hybridized carbons (Fsp3) is 0.722. The SMILES string of the molecule is CC(N)C(c1cccnc1)N1CCC2(CCCCC2)CC1. The van der Waals surface area contributed by atoms with Crippen LogP contribution in [0.25, 0.3) is 0 Å². The third-order valence-corrected chi connectivity index (χ3v) is 5.69. The first-order valence-electron chi connectivity index (χ1n) is 8.60. The van der Waals surface area contributed by atoms with E-state index in [1.165, 1.54) is 63.6 Å². The van der Waals surface area contributed by atoms with Crippen molar-refractivity contribution in [3.63, 3.8) is 0 Å². The van der Waals surface area contributed by atoms with Gasteiger partial charge in [-0.1, -0.05) is 25.3 Å². The number of likely N-dealkylation sites (tertiary alicyclic amines) is 1.